The molecule has 5 nitrogen and oxygen atoms in total. The molecule has 1 unspecified atom stereocenters. The number of Topliss-reactive ketones (excluding diaryl/α,β-unsaturated/α-hetero) is 1. The van der Waals surface area contributed by atoms with E-state index in [0.29, 0.717) is 18.4 Å². The first-order valence-electron chi connectivity index (χ1n) is 10.6. The highest BCUT2D eigenvalue weighted by molar-refractivity contribution is 5.76. The number of rotatable bonds is 8. The van der Waals surface area contributed by atoms with Gasteiger partial charge in [-0.3, -0.25) is 0 Å². The minimum absolute atomic E-state index is 0.129. The molecule has 2 aliphatic rings. The van der Waals surface area contributed by atoms with Gasteiger partial charge in [0.05, 0.1) is 12.6 Å². The van der Waals surface area contributed by atoms with Gasteiger partial charge in [-0.2, -0.15) is 0 Å². The smallest absolute Gasteiger partial charge is 0.213 e. The molecule has 29 heavy (non-hydrogen) atoms. The van der Waals surface area contributed by atoms with Gasteiger partial charge in [0.15, 0.2) is 0 Å². The van der Waals surface area contributed by atoms with Crippen molar-refractivity contribution in [1.82, 2.24) is 4.98 Å². The van der Waals surface area contributed by atoms with E-state index in [9.17, 15) is 4.79 Å². The molecule has 1 aromatic heterocycles. The van der Waals surface area contributed by atoms with Crippen LogP contribution in [0.4, 0.5) is 5.69 Å². The number of aromatic nitrogens is 1. The molecule has 1 saturated heterocycles. The molecular formula is C24H30N2O3. The van der Waals surface area contributed by atoms with E-state index in [4.69, 9.17) is 9.47 Å². The predicted molar refractivity (Wildman–Crippen MR) is 114 cm³/mol. The molecule has 4 rings (SSSR count). The Morgan fingerprint density at radius 1 is 1.17 bits per heavy atom. The number of benzene rings is 1. The van der Waals surface area contributed by atoms with Crippen LogP contribution >= 0.6 is 0 Å². The van der Waals surface area contributed by atoms with Crippen molar-refractivity contribution in [3.05, 3.63) is 47.7 Å². The van der Waals surface area contributed by atoms with Crippen molar-refractivity contribution in [1.29, 1.82) is 0 Å². The highest BCUT2D eigenvalue weighted by atomic mass is 16.5. The van der Waals surface area contributed by atoms with Gasteiger partial charge < -0.3 is 19.2 Å². The zero-order chi connectivity index (χ0) is 20.4. The fraction of sp³-hybridized carbons (Fsp3) is 0.500. The summed E-state index contributed by atoms with van der Waals surface area (Å²) in [6.45, 7) is 7.65. The zero-order valence-electron chi connectivity index (χ0n) is 17.6. The second-order valence-corrected chi connectivity index (χ2v) is 8.48. The van der Waals surface area contributed by atoms with E-state index in [1.165, 1.54) is 24.1 Å². The SMILES string of the molecule is CC(=O)C[C@@H](C)c1ccc(OC2CCN(c3ccc(OC4CC4)cc3C)C2)nc1. The number of pyridine rings is 1. The van der Waals surface area contributed by atoms with Crippen molar-refractivity contribution < 1.29 is 14.3 Å². The van der Waals surface area contributed by atoms with E-state index < -0.39 is 0 Å². The summed E-state index contributed by atoms with van der Waals surface area (Å²) >= 11 is 0. The Morgan fingerprint density at radius 2 is 2.00 bits per heavy atom. The number of nitrogens with zero attached hydrogens (tertiary/aromatic N) is 2. The Bertz CT molecular complexity index is 861. The summed E-state index contributed by atoms with van der Waals surface area (Å²) in [6.07, 6.45) is 6.26. The van der Waals surface area contributed by atoms with Gasteiger partial charge in [-0.05, 0) is 61.9 Å². The van der Waals surface area contributed by atoms with Gasteiger partial charge in [0.1, 0.15) is 17.6 Å². The van der Waals surface area contributed by atoms with Crippen molar-refractivity contribution >= 4 is 11.5 Å². The van der Waals surface area contributed by atoms with Crippen molar-refractivity contribution in [3.8, 4) is 11.6 Å². The minimum atomic E-state index is 0.129. The third-order valence-electron chi connectivity index (χ3n) is 5.69. The van der Waals surface area contributed by atoms with Crippen molar-refractivity contribution in [3.63, 3.8) is 0 Å². The Balaban J connectivity index is 1.33. The van der Waals surface area contributed by atoms with E-state index in [-0.39, 0.29) is 17.8 Å². The van der Waals surface area contributed by atoms with E-state index in [1.807, 2.05) is 18.3 Å². The van der Waals surface area contributed by atoms with Crippen LogP contribution in [0, 0.1) is 6.92 Å². The fourth-order valence-corrected chi connectivity index (χ4v) is 3.95. The lowest BCUT2D eigenvalue weighted by Crippen LogP contribution is -2.25. The van der Waals surface area contributed by atoms with Gasteiger partial charge in [0.25, 0.3) is 0 Å². The molecule has 2 heterocycles. The summed E-state index contributed by atoms with van der Waals surface area (Å²) in [4.78, 5) is 18.1. The zero-order valence-corrected chi connectivity index (χ0v) is 17.6. The van der Waals surface area contributed by atoms with Crippen LogP contribution in [0.25, 0.3) is 0 Å². The molecule has 1 saturated carbocycles. The molecule has 0 bridgehead atoms. The number of carbonyl (C=O) groups is 1. The van der Waals surface area contributed by atoms with Crippen LogP contribution < -0.4 is 14.4 Å². The Morgan fingerprint density at radius 3 is 2.66 bits per heavy atom. The Kier molecular flexibility index (Phi) is 5.74. The monoisotopic (exact) mass is 394 g/mol. The molecule has 0 radical (unpaired) electrons. The van der Waals surface area contributed by atoms with Crippen molar-refractivity contribution in [2.24, 2.45) is 0 Å². The molecule has 154 valence electrons. The van der Waals surface area contributed by atoms with E-state index >= 15 is 0 Å². The largest absolute Gasteiger partial charge is 0.490 e. The summed E-state index contributed by atoms with van der Waals surface area (Å²) < 4.78 is 12.0. The molecule has 2 atom stereocenters. The standard InChI is InChI=1S/C24H30N2O3/c1-16(12-18(3)27)19-4-9-24(25-14-19)29-22-10-11-26(15-22)23-8-7-21(13-17(23)2)28-20-5-6-20/h4,7-9,13-14,16,20,22H,5-6,10-12,15H2,1-3H3/t16-,22?/m1/s1. The number of anilines is 1. The van der Waals surface area contributed by atoms with Gasteiger partial charge in [0.2, 0.25) is 5.88 Å². The van der Waals surface area contributed by atoms with Gasteiger partial charge in [0, 0.05) is 37.3 Å². The number of ketones is 1. The van der Waals surface area contributed by atoms with Crippen LogP contribution in [-0.4, -0.2) is 36.1 Å². The Labute approximate surface area is 173 Å². The minimum Gasteiger partial charge on any atom is -0.490 e. The topological polar surface area (TPSA) is 51.7 Å². The number of hydrogen-bond donors (Lipinski definition) is 0. The van der Waals surface area contributed by atoms with Gasteiger partial charge in [-0.25, -0.2) is 4.98 Å². The molecular weight excluding hydrogens is 364 g/mol. The number of carbonyl (C=O) groups excluding carboxylic acids is 1. The molecule has 1 aliphatic heterocycles. The molecule has 0 N–H and O–H groups in total. The molecule has 0 spiro atoms. The summed E-state index contributed by atoms with van der Waals surface area (Å²) in [5.74, 6) is 2.02. The molecule has 1 aliphatic carbocycles. The van der Waals surface area contributed by atoms with E-state index in [0.717, 1.165) is 30.8 Å². The maximum atomic E-state index is 11.3. The van der Waals surface area contributed by atoms with Crippen molar-refractivity contribution in [2.45, 2.75) is 64.6 Å². The quantitative estimate of drug-likeness (QED) is 0.651. The molecule has 2 aromatic rings. The van der Waals surface area contributed by atoms with Crippen LogP contribution in [0.15, 0.2) is 36.5 Å². The second kappa shape index (κ2) is 8.44. The normalized spacial score (nSPS) is 19.8. The first-order chi connectivity index (χ1) is 14.0. The highest BCUT2D eigenvalue weighted by Gasteiger charge is 2.27. The van der Waals surface area contributed by atoms with E-state index in [1.54, 1.807) is 6.92 Å². The van der Waals surface area contributed by atoms with Crippen LogP contribution in [0.5, 0.6) is 11.6 Å². The summed E-state index contributed by atoms with van der Waals surface area (Å²) in [5, 5.41) is 0. The maximum absolute atomic E-state index is 11.3. The third kappa shape index (κ3) is 5.08. The predicted octanol–water partition coefficient (Wildman–Crippen LogP) is 4.67. The lowest BCUT2D eigenvalue weighted by Gasteiger charge is -2.21. The lowest BCUT2D eigenvalue weighted by atomic mass is 9.98. The first kappa shape index (κ1) is 19.7. The van der Waals surface area contributed by atoms with Gasteiger partial charge in [-0.15, -0.1) is 0 Å². The molecule has 2 fully saturated rings. The fourth-order valence-electron chi connectivity index (χ4n) is 3.95. The Hall–Kier alpha value is -2.56. The average molecular weight is 395 g/mol. The van der Waals surface area contributed by atoms with Crippen LogP contribution in [-0.2, 0) is 4.79 Å². The third-order valence-corrected chi connectivity index (χ3v) is 5.69. The van der Waals surface area contributed by atoms with Gasteiger partial charge in [-0.1, -0.05) is 13.0 Å². The molecule has 0 amide bonds. The van der Waals surface area contributed by atoms with Crippen LogP contribution in [0.2, 0.25) is 0 Å². The first-order valence-corrected chi connectivity index (χ1v) is 10.6. The van der Waals surface area contributed by atoms with E-state index in [2.05, 4.69) is 41.9 Å². The second-order valence-electron chi connectivity index (χ2n) is 8.48. The van der Waals surface area contributed by atoms with Crippen LogP contribution in [0.1, 0.15) is 56.6 Å². The average Bonchev–Trinajstić information content (AvgIpc) is 3.38. The highest BCUT2D eigenvalue weighted by Crippen LogP contribution is 2.32. The van der Waals surface area contributed by atoms with Crippen molar-refractivity contribution in [2.75, 3.05) is 18.0 Å². The molecule has 1 aromatic carbocycles. The van der Waals surface area contributed by atoms with Gasteiger partial charge >= 0.3 is 0 Å². The number of ether oxygens (including phenoxy) is 2. The molecule has 5 heteroatoms. The maximum Gasteiger partial charge on any atom is 0.213 e. The van der Waals surface area contributed by atoms with Crippen LogP contribution in [0.3, 0.4) is 0 Å². The summed E-state index contributed by atoms with van der Waals surface area (Å²) in [7, 11) is 0. The number of hydrogen-bond acceptors (Lipinski definition) is 5. The summed E-state index contributed by atoms with van der Waals surface area (Å²) in [6, 6.07) is 10.3. The number of aryl methyl sites for hydroxylation is 1. The lowest BCUT2D eigenvalue weighted by molar-refractivity contribution is -0.117. The summed E-state index contributed by atoms with van der Waals surface area (Å²) in [5.41, 5.74) is 3.57.